The molecule has 106 valence electrons. The molecule has 0 aliphatic rings. The van der Waals surface area contributed by atoms with Gasteiger partial charge >= 0.3 is 5.63 Å². The standard InChI is InChI=1S/C19H13NO2/c21-19-12-17(16-7-3-4-8-18(16)22-19)20-15-10-9-13-5-1-2-6-14(13)11-15/h1-12,20H. The van der Waals surface area contributed by atoms with E-state index in [9.17, 15) is 4.79 Å². The van der Waals surface area contributed by atoms with Crippen molar-refractivity contribution in [3.63, 3.8) is 0 Å². The Hall–Kier alpha value is -3.07. The van der Waals surface area contributed by atoms with Gasteiger partial charge in [-0.15, -0.1) is 0 Å². The zero-order chi connectivity index (χ0) is 14.9. The van der Waals surface area contributed by atoms with Gasteiger partial charge < -0.3 is 9.73 Å². The van der Waals surface area contributed by atoms with Gasteiger partial charge in [0.2, 0.25) is 0 Å². The molecule has 22 heavy (non-hydrogen) atoms. The molecular weight excluding hydrogens is 274 g/mol. The fourth-order valence-corrected chi connectivity index (χ4v) is 2.64. The summed E-state index contributed by atoms with van der Waals surface area (Å²) >= 11 is 0. The van der Waals surface area contributed by atoms with E-state index in [-0.39, 0.29) is 5.63 Å². The van der Waals surface area contributed by atoms with Crippen LogP contribution in [0.2, 0.25) is 0 Å². The number of rotatable bonds is 2. The van der Waals surface area contributed by atoms with Crippen LogP contribution in [-0.4, -0.2) is 0 Å². The molecule has 0 unspecified atom stereocenters. The summed E-state index contributed by atoms with van der Waals surface area (Å²) in [5, 5.41) is 6.54. The predicted octanol–water partition coefficient (Wildman–Crippen LogP) is 4.69. The monoisotopic (exact) mass is 287 g/mol. The molecule has 3 nitrogen and oxygen atoms in total. The van der Waals surface area contributed by atoms with Crippen molar-refractivity contribution < 1.29 is 4.42 Å². The Morgan fingerprint density at radius 3 is 2.45 bits per heavy atom. The van der Waals surface area contributed by atoms with E-state index in [1.165, 1.54) is 11.5 Å². The maximum Gasteiger partial charge on any atom is 0.338 e. The Bertz CT molecular complexity index is 1030. The molecule has 1 heterocycles. The zero-order valence-electron chi connectivity index (χ0n) is 11.7. The molecule has 3 heteroatoms. The highest BCUT2D eigenvalue weighted by Crippen LogP contribution is 2.26. The van der Waals surface area contributed by atoms with Crippen molar-refractivity contribution in [2.24, 2.45) is 0 Å². The molecule has 0 saturated carbocycles. The summed E-state index contributed by atoms with van der Waals surface area (Å²) in [4.78, 5) is 11.7. The molecule has 0 aliphatic carbocycles. The molecule has 1 aromatic heterocycles. The van der Waals surface area contributed by atoms with Gasteiger partial charge in [0.05, 0.1) is 5.69 Å². The average molecular weight is 287 g/mol. The number of anilines is 2. The largest absolute Gasteiger partial charge is 0.423 e. The maximum absolute atomic E-state index is 11.7. The van der Waals surface area contributed by atoms with Crippen molar-refractivity contribution in [2.45, 2.75) is 0 Å². The Balaban J connectivity index is 1.83. The highest BCUT2D eigenvalue weighted by Gasteiger charge is 2.05. The number of nitrogens with one attached hydrogen (secondary N) is 1. The van der Waals surface area contributed by atoms with Crippen molar-refractivity contribution in [3.05, 3.63) is 83.2 Å². The summed E-state index contributed by atoms with van der Waals surface area (Å²) < 4.78 is 5.21. The molecule has 0 fully saturated rings. The molecule has 4 rings (SSSR count). The number of para-hydroxylation sites is 1. The molecule has 0 saturated heterocycles. The third-order valence-corrected chi connectivity index (χ3v) is 3.68. The zero-order valence-corrected chi connectivity index (χ0v) is 11.7. The third kappa shape index (κ3) is 2.23. The van der Waals surface area contributed by atoms with E-state index in [0.29, 0.717) is 5.58 Å². The van der Waals surface area contributed by atoms with E-state index in [1.54, 1.807) is 6.07 Å². The first kappa shape index (κ1) is 12.7. The van der Waals surface area contributed by atoms with Crippen LogP contribution in [0.1, 0.15) is 0 Å². The topological polar surface area (TPSA) is 42.2 Å². The van der Waals surface area contributed by atoms with Crippen LogP contribution >= 0.6 is 0 Å². The SMILES string of the molecule is O=c1cc(Nc2ccc3ccccc3c2)c2ccccc2o1. The van der Waals surface area contributed by atoms with E-state index in [1.807, 2.05) is 36.4 Å². The average Bonchev–Trinajstić information content (AvgIpc) is 2.54. The third-order valence-electron chi connectivity index (χ3n) is 3.68. The van der Waals surface area contributed by atoms with Gasteiger partial charge in [-0.3, -0.25) is 0 Å². The Morgan fingerprint density at radius 2 is 1.55 bits per heavy atom. The summed E-state index contributed by atoms with van der Waals surface area (Å²) in [7, 11) is 0. The molecule has 0 radical (unpaired) electrons. The van der Waals surface area contributed by atoms with E-state index in [4.69, 9.17) is 4.42 Å². The highest BCUT2D eigenvalue weighted by molar-refractivity contribution is 5.93. The normalized spacial score (nSPS) is 10.9. The van der Waals surface area contributed by atoms with Gasteiger partial charge in [-0.25, -0.2) is 4.79 Å². The molecular formula is C19H13NO2. The molecule has 0 atom stereocenters. The smallest absolute Gasteiger partial charge is 0.338 e. The van der Waals surface area contributed by atoms with Crippen LogP contribution in [0.15, 0.2) is 82.0 Å². The summed E-state index contributed by atoms with van der Waals surface area (Å²) in [6, 6.07) is 23.3. The minimum absolute atomic E-state index is 0.359. The minimum Gasteiger partial charge on any atom is -0.423 e. The molecule has 0 spiro atoms. The van der Waals surface area contributed by atoms with E-state index < -0.39 is 0 Å². The predicted molar refractivity (Wildman–Crippen MR) is 89.7 cm³/mol. The van der Waals surface area contributed by atoms with Crippen LogP contribution < -0.4 is 10.9 Å². The lowest BCUT2D eigenvalue weighted by molar-refractivity contribution is 0.561. The molecule has 4 aromatic rings. The number of benzene rings is 3. The number of hydrogen-bond donors (Lipinski definition) is 1. The number of hydrogen-bond acceptors (Lipinski definition) is 3. The van der Waals surface area contributed by atoms with Gasteiger partial charge in [-0.2, -0.15) is 0 Å². The second kappa shape index (κ2) is 5.04. The molecule has 0 amide bonds. The van der Waals surface area contributed by atoms with E-state index in [2.05, 4.69) is 29.6 Å². The first-order valence-electron chi connectivity index (χ1n) is 7.08. The minimum atomic E-state index is -0.359. The van der Waals surface area contributed by atoms with Crippen LogP contribution in [0.5, 0.6) is 0 Å². The van der Waals surface area contributed by atoms with Crippen molar-refractivity contribution in [1.82, 2.24) is 0 Å². The van der Waals surface area contributed by atoms with E-state index in [0.717, 1.165) is 22.1 Å². The van der Waals surface area contributed by atoms with Crippen LogP contribution in [-0.2, 0) is 0 Å². The summed E-state index contributed by atoms with van der Waals surface area (Å²) in [6.07, 6.45) is 0. The number of fused-ring (bicyclic) bond motifs is 2. The second-order valence-corrected chi connectivity index (χ2v) is 5.16. The Kier molecular flexibility index (Phi) is 2.90. The fourth-order valence-electron chi connectivity index (χ4n) is 2.64. The van der Waals surface area contributed by atoms with E-state index >= 15 is 0 Å². The van der Waals surface area contributed by atoms with Crippen LogP contribution in [0, 0.1) is 0 Å². The fraction of sp³-hybridized carbons (Fsp3) is 0. The molecule has 0 bridgehead atoms. The first-order valence-corrected chi connectivity index (χ1v) is 7.08. The lowest BCUT2D eigenvalue weighted by Crippen LogP contribution is -2.01. The first-order chi connectivity index (χ1) is 10.8. The van der Waals surface area contributed by atoms with Crippen molar-refractivity contribution in [1.29, 1.82) is 0 Å². The van der Waals surface area contributed by atoms with Gasteiger partial charge in [0.1, 0.15) is 5.58 Å². The van der Waals surface area contributed by atoms with Crippen molar-refractivity contribution in [3.8, 4) is 0 Å². The summed E-state index contributed by atoms with van der Waals surface area (Å²) in [5.74, 6) is 0. The lowest BCUT2D eigenvalue weighted by Gasteiger charge is -2.09. The Labute approximate surface area is 126 Å². The van der Waals surface area contributed by atoms with Crippen LogP contribution in [0.3, 0.4) is 0 Å². The van der Waals surface area contributed by atoms with Crippen LogP contribution in [0.4, 0.5) is 11.4 Å². The van der Waals surface area contributed by atoms with Crippen molar-refractivity contribution >= 4 is 33.1 Å². The highest BCUT2D eigenvalue weighted by atomic mass is 16.4. The van der Waals surface area contributed by atoms with Gasteiger partial charge in [0, 0.05) is 17.1 Å². The summed E-state index contributed by atoms with van der Waals surface area (Å²) in [6.45, 7) is 0. The molecule has 3 aromatic carbocycles. The van der Waals surface area contributed by atoms with Gasteiger partial charge in [0.15, 0.2) is 0 Å². The molecule has 0 aliphatic heterocycles. The van der Waals surface area contributed by atoms with Gasteiger partial charge in [0.25, 0.3) is 0 Å². The van der Waals surface area contributed by atoms with Gasteiger partial charge in [-0.1, -0.05) is 42.5 Å². The lowest BCUT2D eigenvalue weighted by atomic mass is 10.1. The van der Waals surface area contributed by atoms with Gasteiger partial charge in [-0.05, 0) is 35.0 Å². The maximum atomic E-state index is 11.7. The molecule has 1 N–H and O–H groups in total. The van der Waals surface area contributed by atoms with Crippen molar-refractivity contribution in [2.75, 3.05) is 5.32 Å². The Morgan fingerprint density at radius 1 is 0.773 bits per heavy atom. The van der Waals surface area contributed by atoms with Crippen LogP contribution in [0.25, 0.3) is 21.7 Å². The quantitative estimate of drug-likeness (QED) is 0.544. The summed E-state index contributed by atoms with van der Waals surface area (Å²) in [5.41, 5.74) is 1.91. The second-order valence-electron chi connectivity index (χ2n) is 5.16.